The lowest BCUT2D eigenvalue weighted by molar-refractivity contribution is -0.118. The summed E-state index contributed by atoms with van der Waals surface area (Å²) in [7, 11) is 4.79. The Hall–Kier alpha value is -3.32. The molecule has 0 saturated heterocycles. The standard InChI is InChI=1S/C23H26N2O5/c1-14-9-17(12-21(28-3)23(14)29-4)22-19(13-30-25-22)15-5-6-20(27-2)16(10-15)11-18(26)7-8-24/h5-6,9-10,12-13H,7-8,11,24H2,1-4H3. The Labute approximate surface area is 175 Å². The number of nitrogens with zero attached hydrogens (tertiary/aromatic N) is 1. The van der Waals surface area contributed by atoms with Gasteiger partial charge in [0.25, 0.3) is 0 Å². The first-order valence-corrected chi connectivity index (χ1v) is 9.58. The van der Waals surface area contributed by atoms with Crippen molar-refractivity contribution in [1.82, 2.24) is 5.16 Å². The van der Waals surface area contributed by atoms with Crippen LogP contribution in [0.3, 0.4) is 0 Å². The lowest BCUT2D eigenvalue weighted by atomic mass is 9.96. The fraction of sp³-hybridized carbons (Fsp3) is 0.304. The first kappa shape index (κ1) is 21.4. The highest BCUT2D eigenvalue weighted by atomic mass is 16.5. The van der Waals surface area contributed by atoms with Crippen molar-refractivity contribution < 1.29 is 23.5 Å². The summed E-state index contributed by atoms with van der Waals surface area (Å²) >= 11 is 0. The van der Waals surface area contributed by atoms with Crippen LogP contribution in [0.5, 0.6) is 17.2 Å². The molecule has 158 valence electrons. The first-order chi connectivity index (χ1) is 14.5. The van der Waals surface area contributed by atoms with Gasteiger partial charge in [0.2, 0.25) is 0 Å². The summed E-state index contributed by atoms with van der Waals surface area (Å²) in [4.78, 5) is 12.1. The number of carbonyl (C=O) groups is 1. The van der Waals surface area contributed by atoms with Crippen LogP contribution in [0, 0.1) is 6.92 Å². The molecule has 0 amide bonds. The number of hydrogen-bond acceptors (Lipinski definition) is 7. The third-order valence-electron chi connectivity index (χ3n) is 4.91. The second kappa shape index (κ2) is 9.45. The largest absolute Gasteiger partial charge is 0.496 e. The van der Waals surface area contributed by atoms with E-state index in [1.165, 1.54) is 0 Å². The number of ether oxygens (including phenoxy) is 3. The van der Waals surface area contributed by atoms with E-state index in [0.29, 0.717) is 35.9 Å². The minimum absolute atomic E-state index is 0.0639. The van der Waals surface area contributed by atoms with Gasteiger partial charge in [0.1, 0.15) is 23.5 Å². The van der Waals surface area contributed by atoms with E-state index in [1.807, 2.05) is 37.3 Å². The second-order valence-electron chi connectivity index (χ2n) is 6.89. The van der Waals surface area contributed by atoms with Gasteiger partial charge >= 0.3 is 0 Å². The van der Waals surface area contributed by atoms with Crippen LogP contribution in [0.25, 0.3) is 22.4 Å². The van der Waals surface area contributed by atoms with Gasteiger partial charge in [-0.05, 0) is 48.9 Å². The zero-order valence-corrected chi connectivity index (χ0v) is 17.7. The molecular weight excluding hydrogens is 384 g/mol. The zero-order chi connectivity index (χ0) is 21.7. The molecule has 0 bridgehead atoms. The van der Waals surface area contributed by atoms with Crippen LogP contribution < -0.4 is 19.9 Å². The molecule has 7 heteroatoms. The molecule has 2 aromatic carbocycles. The molecule has 0 aliphatic carbocycles. The SMILES string of the molecule is COc1ccc(-c2conc2-c2cc(C)c(OC)c(OC)c2)cc1CC(=O)CCN. The molecular formula is C23H26N2O5. The molecule has 3 aromatic rings. The monoisotopic (exact) mass is 410 g/mol. The Morgan fingerprint density at radius 2 is 1.80 bits per heavy atom. The number of hydrogen-bond donors (Lipinski definition) is 1. The quantitative estimate of drug-likeness (QED) is 0.573. The minimum atomic E-state index is 0.0639. The summed E-state index contributed by atoms with van der Waals surface area (Å²) in [6.45, 7) is 2.27. The zero-order valence-electron chi connectivity index (χ0n) is 17.7. The smallest absolute Gasteiger partial charge is 0.163 e. The molecule has 0 aliphatic rings. The van der Waals surface area contributed by atoms with Crippen LogP contribution in [0.4, 0.5) is 0 Å². The van der Waals surface area contributed by atoms with Crippen molar-refractivity contribution in [3.63, 3.8) is 0 Å². The normalized spacial score (nSPS) is 10.7. The molecule has 0 atom stereocenters. The Balaban J connectivity index is 2.05. The van der Waals surface area contributed by atoms with Crippen LogP contribution in [0.2, 0.25) is 0 Å². The molecule has 0 aliphatic heterocycles. The highest BCUT2D eigenvalue weighted by molar-refractivity contribution is 5.85. The average molecular weight is 410 g/mol. The van der Waals surface area contributed by atoms with Gasteiger partial charge in [-0.1, -0.05) is 11.2 Å². The molecule has 1 heterocycles. The maximum atomic E-state index is 12.1. The molecule has 3 rings (SSSR count). The van der Waals surface area contributed by atoms with E-state index in [-0.39, 0.29) is 12.2 Å². The molecule has 0 spiro atoms. The lowest BCUT2D eigenvalue weighted by Crippen LogP contribution is -2.10. The van der Waals surface area contributed by atoms with Crippen molar-refractivity contribution in [3.05, 3.63) is 47.7 Å². The molecule has 0 saturated carbocycles. The van der Waals surface area contributed by atoms with Crippen molar-refractivity contribution >= 4 is 5.78 Å². The van der Waals surface area contributed by atoms with Gasteiger partial charge in [0.15, 0.2) is 11.5 Å². The average Bonchev–Trinajstić information content (AvgIpc) is 3.23. The molecule has 1 aromatic heterocycles. The Kier molecular flexibility index (Phi) is 6.74. The topological polar surface area (TPSA) is 96.8 Å². The molecule has 0 radical (unpaired) electrons. The van der Waals surface area contributed by atoms with Crippen LogP contribution in [-0.2, 0) is 11.2 Å². The van der Waals surface area contributed by atoms with Gasteiger partial charge in [-0.2, -0.15) is 0 Å². The third-order valence-corrected chi connectivity index (χ3v) is 4.91. The number of methoxy groups -OCH3 is 3. The van der Waals surface area contributed by atoms with Crippen LogP contribution in [0.1, 0.15) is 17.5 Å². The van der Waals surface area contributed by atoms with Gasteiger partial charge in [0, 0.05) is 29.5 Å². The third kappa shape index (κ3) is 4.31. The van der Waals surface area contributed by atoms with Crippen molar-refractivity contribution in [3.8, 4) is 39.6 Å². The summed E-state index contributed by atoms with van der Waals surface area (Å²) in [5.41, 5.74) is 10.4. The molecule has 0 fully saturated rings. The number of benzene rings is 2. The van der Waals surface area contributed by atoms with Gasteiger partial charge in [0.05, 0.1) is 21.3 Å². The van der Waals surface area contributed by atoms with E-state index in [2.05, 4.69) is 5.16 Å². The maximum Gasteiger partial charge on any atom is 0.163 e. The number of aromatic nitrogens is 1. The van der Waals surface area contributed by atoms with E-state index < -0.39 is 0 Å². The van der Waals surface area contributed by atoms with E-state index >= 15 is 0 Å². The number of aryl methyl sites for hydroxylation is 1. The van der Waals surface area contributed by atoms with Crippen molar-refractivity contribution in [2.45, 2.75) is 19.8 Å². The van der Waals surface area contributed by atoms with Crippen LogP contribution >= 0.6 is 0 Å². The van der Waals surface area contributed by atoms with Gasteiger partial charge in [-0.3, -0.25) is 4.79 Å². The molecule has 30 heavy (non-hydrogen) atoms. The van der Waals surface area contributed by atoms with E-state index in [9.17, 15) is 4.79 Å². The number of Topliss-reactive ketones (excluding diaryl/α,β-unsaturated/α-hetero) is 1. The predicted molar refractivity (Wildman–Crippen MR) is 114 cm³/mol. The Morgan fingerprint density at radius 1 is 1.03 bits per heavy atom. The summed E-state index contributed by atoms with van der Waals surface area (Å²) < 4.78 is 21.6. The van der Waals surface area contributed by atoms with Crippen LogP contribution in [0.15, 0.2) is 41.1 Å². The van der Waals surface area contributed by atoms with Crippen LogP contribution in [-0.4, -0.2) is 38.8 Å². The summed E-state index contributed by atoms with van der Waals surface area (Å²) in [5.74, 6) is 2.01. The summed E-state index contributed by atoms with van der Waals surface area (Å²) in [5, 5.41) is 4.21. The predicted octanol–water partition coefficient (Wildman–Crippen LogP) is 3.80. The van der Waals surface area contributed by atoms with E-state index in [0.717, 1.165) is 27.8 Å². The van der Waals surface area contributed by atoms with E-state index in [1.54, 1.807) is 27.6 Å². The first-order valence-electron chi connectivity index (χ1n) is 9.58. The highest BCUT2D eigenvalue weighted by Gasteiger charge is 2.18. The maximum absolute atomic E-state index is 12.1. The fourth-order valence-corrected chi connectivity index (χ4v) is 3.49. The summed E-state index contributed by atoms with van der Waals surface area (Å²) in [6, 6.07) is 9.52. The molecule has 7 nitrogen and oxygen atoms in total. The summed E-state index contributed by atoms with van der Waals surface area (Å²) in [6.07, 6.45) is 2.18. The van der Waals surface area contributed by atoms with Gasteiger partial charge < -0.3 is 24.5 Å². The fourth-order valence-electron chi connectivity index (χ4n) is 3.49. The van der Waals surface area contributed by atoms with E-state index in [4.69, 9.17) is 24.5 Å². The van der Waals surface area contributed by atoms with Crippen molar-refractivity contribution in [1.29, 1.82) is 0 Å². The number of nitrogens with two attached hydrogens (primary N) is 1. The Bertz CT molecular complexity index is 1040. The van der Waals surface area contributed by atoms with Crippen molar-refractivity contribution in [2.24, 2.45) is 5.73 Å². The minimum Gasteiger partial charge on any atom is -0.496 e. The lowest BCUT2D eigenvalue weighted by Gasteiger charge is -2.13. The van der Waals surface area contributed by atoms with Crippen molar-refractivity contribution in [2.75, 3.05) is 27.9 Å². The highest BCUT2D eigenvalue weighted by Crippen LogP contribution is 2.39. The number of carbonyl (C=O) groups excluding carboxylic acids is 1. The second-order valence-corrected chi connectivity index (χ2v) is 6.89. The Morgan fingerprint density at radius 3 is 2.47 bits per heavy atom. The van der Waals surface area contributed by atoms with Gasteiger partial charge in [-0.15, -0.1) is 0 Å². The van der Waals surface area contributed by atoms with Gasteiger partial charge in [-0.25, -0.2) is 0 Å². The number of rotatable bonds is 9. The molecule has 2 N–H and O–H groups in total. The number of ketones is 1. The molecule has 0 unspecified atom stereocenters.